The second-order valence-corrected chi connectivity index (χ2v) is 5.90. The lowest BCUT2D eigenvalue weighted by Crippen LogP contribution is -2.27. The first kappa shape index (κ1) is 11.1. The van der Waals surface area contributed by atoms with E-state index in [0.717, 1.165) is 24.3 Å². The van der Waals surface area contributed by atoms with Gasteiger partial charge in [-0.25, -0.2) is 0 Å². The van der Waals surface area contributed by atoms with Crippen molar-refractivity contribution in [2.24, 2.45) is 11.7 Å². The number of phenolic OH excluding ortho intramolecular Hbond substituents is 1. The zero-order chi connectivity index (χ0) is 11.9. The molecule has 2 heteroatoms. The van der Waals surface area contributed by atoms with E-state index in [1.54, 1.807) is 6.07 Å². The minimum absolute atomic E-state index is 0.0339. The summed E-state index contributed by atoms with van der Waals surface area (Å²) in [5.74, 6) is 1.62. The summed E-state index contributed by atoms with van der Waals surface area (Å²) < 4.78 is 0. The number of phenols is 1. The fourth-order valence-electron chi connectivity index (χ4n) is 3.50. The van der Waals surface area contributed by atoms with Crippen molar-refractivity contribution in [2.45, 2.75) is 50.0 Å². The summed E-state index contributed by atoms with van der Waals surface area (Å²) in [6.45, 7) is 0. The van der Waals surface area contributed by atoms with Gasteiger partial charge < -0.3 is 10.8 Å². The standard InChI is InChI=1S/C15H21NO/c16-15(9-11-5-1-2-6-11)10-13(15)12-7-3-4-8-14(12)17/h3-4,7-8,11,13,17H,1-2,5-6,9-10,16H2. The van der Waals surface area contributed by atoms with Crippen molar-refractivity contribution in [2.75, 3.05) is 0 Å². The second kappa shape index (κ2) is 4.02. The quantitative estimate of drug-likeness (QED) is 0.839. The third-order valence-electron chi connectivity index (χ3n) is 4.57. The molecule has 2 unspecified atom stereocenters. The first-order valence-corrected chi connectivity index (χ1v) is 6.76. The molecule has 0 aliphatic heterocycles. The van der Waals surface area contributed by atoms with Gasteiger partial charge in [0.2, 0.25) is 0 Å². The largest absolute Gasteiger partial charge is 0.508 e. The van der Waals surface area contributed by atoms with Crippen LogP contribution < -0.4 is 5.73 Å². The van der Waals surface area contributed by atoms with Gasteiger partial charge in [0, 0.05) is 11.5 Å². The Labute approximate surface area is 103 Å². The minimum Gasteiger partial charge on any atom is -0.508 e. The van der Waals surface area contributed by atoms with Crippen molar-refractivity contribution in [3.05, 3.63) is 29.8 Å². The van der Waals surface area contributed by atoms with Crippen molar-refractivity contribution in [1.82, 2.24) is 0 Å². The molecule has 0 heterocycles. The van der Waals surface area contributed by atoms with E-state index in [1.165, 1.54) is 25.7 Å². The van der Waals surface area contributed by atoms with E-state index in [9.17, 15) is 5.11 Å². The molecule has 2 saturated carbocycles. The molecule has 3 rings (SSSR count). The van der Waals surface area contributed by atoms with Crippen molar-refractivity contribution < 1.29 is 5.11 Å². The Morgan fingerprint density at radius 3 is 2.65 bits per heavy atom. The molecular formula is C15H21NO. The third-order valence-corrected chi connectivity index (χ3v) is 4.57. The van der Waals surface area contributed by atoms with E-state index in [2.05, 4.69) is 0 Å². The Morgan fingerprint density at radius 2 is 1.94 bits per heavy atom. The van der Waals surface area contributed by atoms with Crippen LogP contribution in [0.4, 0.5) is 0 Å². The zero-order valence-corrected chi connectivity index (χ0v) is 10.2. The molecule has 1 aromatic carbocycles. The molecule has 2 atom stereocenters. The molecule has 0 spiro atoms. The van der Waals surface area contributed by atoms with Crippen molar-refractivity contribution in [3.8, 4) is 5.75 Å². The number of hydrogen-bond acceptors (Lipinski definition) is 2. The van der Waals surface area contributed by atoms with Gasteiger partial charge in [0.1, 0.15) is 5.75 Å². The Balaban J connectivity index is 1.70. The maximum atomic E-state index is 9.86. The lowest BCUT2D eigenvalue weighted by atomic mass is 9.94. The fourth-order valence-corrected chi connectivity index (χ4v) is 3.50. The number of para-hydroxylation sites is 1. The molecule has 0 saturated heterocycles. The zero-order valence-electron chi connectivity index (χ0n) is 10.2. The van der Waals surface area contributed by atoms with Gasteiger partial charge in [-0.2, -0.15) is 0 Å². The molecule has 2 nitrogen and oxygen atoms in total. The lowest BCUT2D eigenvalue weighted by molar-refractivity contribution is 0.419. The summed E-state index contributed by atoms with van der Waals surface area (Å²) in [7, 11) is 0. The van der Waals surface area contributed by atoms with Gasteiger partial charge in [-0.05, 0) is 30.4 Å². The van der Waals surface area contributed by atoms with Crippen LogP contribution in [0.3, 0.4) is 0 Å². The number of nitrogens with two attached hydrogens (primary N) is 1. The summed E-state index contributed by atoms with van der Waals surface area (Å²) in [6, 6.07) is 7.65. The van der Waals surface area contributed by atoms with Gasteiger partial charge in [-0.1, -0.05) is 43.9 Å². The summed E-state index contributed by atoms with van der Waals surface area (Å²) in [4.78, 5) is 0. The molecule has 92 valence electrons. The van der Waals surface area contributed by atoms with Crippen LogP contribution in [0.25, 0.3) is 0 Å². The Bertz CT molecular complexity index is 411. The first-order chi connectivity index (χ1) is 8.19. The van der Waals surface area contributed by atoms with Crippen LogP contribution in [0.1, 0.15) is 50.0 Å². The molecular weight excluding hydrogens is 210 g/mol. The van der Waals surface area contributed by atoms with E-state index < -0.39 is 0 Å². The highest BCUT2D eigenvalue weighted by Crippen LogP contribution is 2.56. The van der Waals surface area contributed by atoms with Crippen LogP contribution in [0, 0.1) is 5.92 Å². The highest BCUT2D eigenvalue weighted by molar-refractivity contribution is 5.42. The maximum Gasteiger partial charge on any atom is 0.119 e. The van der Waals surface area contributed by atoms with E-state index in [1.807, 2.05) is 18.2 Å². The molecule has 0 radical (unpaired) electrons. The van der Waals surface area contributed by atoms with Crippen LogP contribution in [0.15, 0.2) is 24.3 Å². The Hall–Kier alpha value is -1.02. The molecule has 3 N–H and O–H groups in total. The van der Waals surface area contributed by atoms with Crippen molar-refractivity contribution in [3.63, 3.8) is 0 Å². The van der Waals surface area contributed by atoms with Gasteiger partial charge in [-0.3, -0.25) is 0 Å². The van der Waals surface area contributed by atoms with Gasteiger partial charge in [0.05, 0.1) is 0 Å². The second-order valence-electron chi connectivity index (χ2n) is 5.90. The predicted molar refractivity (Wildman–Crippen MR) is 69.0 cm³/mol. The molecule has 1 aromatic rings. The summed E-state index contributed by atoms with van der Waals surface area (Å²) >= 11 is 0. The average molecular weight is 231 g/mol. The highest BCUT2D eigenvalue weighted by atomic mass is 16.3. The number of aromatic hydroxyl groups is 1. The SMILES string of the molecule is NC1(CC2CCCC2)CC1c1ccccc1O. The van der Waals surface area contributed by atoms with Crippen LogP contribution in [-0.2, 0) is 0 Å². The monoisotopic (exact) mass is 231 g/mol. The Kier molecular flexibility index (Phi) is 2.62. The van der Waals surface area contributed by atoms with E-state index >= 15 is 0 Å². The first-order valence-electron chi connectivity index (χ1n) is 6.76. The normalized spacial score (nSPS) is 32.9. The minimum atomic E-state index is -0.0339. The fraction of sp³-hybridized carbons (Fsp3) is 0.600. The number of benzene rings is 1. The molecule has 0 bridgehead atoms. The molecule has 0 amide bonds. The lowest BCUT2D eigenvalue weighted by Gasteiger charge is -2.17. The molecule has 2 fully saturated rings. The van der Waals surface area contributed by atoms with Crippen LogP contribution in [0.5, 0.6) is 5.75 Å². The van der Waals surface area contributed by atoms with Crippen molar-refractivity contribution >= 4 is 0 Å². The van der Waals surface area contributed by atoms with Crippen LogP contribution >= 0.6 is 0 Å². The van der Waals surface area contributed by atoms with E-state index in [0.29, 0.717) is 11.7 Å². The highest BCUT2D eigenvalue weighted by Gasteiger charge is 2.53. The summed E-state index contributed by atoms with van der Waals surface area (Å²) in [5, 5.41) is 9.86. The number of hydrogen-bond donors (Lipinski definition) is 2. The summed E-state index contributed by atoms with van der Waals surface area (Å²) in [6.07, 6.45) is 7.65. The van der Waals surface area contributed by atoms with Gasteiger partial charge >= 0.3 is 0 Å². The maximum absolute atomic E-state index is 9.86. The topological polar surface area (TPSA) is 46.2 Å². The van der Waals surface area contributed by atoms with E-state index in [4.69, 9.17) is 5.73 Å². The summed E-state index contributed by atoms with van der Waals surface area (Å²) in [5.41, 5.74) is 7.48. The van der Waals surface area contributed by atoms with Crippen molar-refractivity contribution in [1.29, 1.82) is 0 Å². The molecule has 2 aliphatic rings. The van der Waals surface area contributed by atoms with Gasteiger partial charge in [0.15, 0.2) is 0 Å². The Morgan fingerprint density at radius 1 is 1.24 bits per heavy atom. The van der Waals surface area contributed by atoms with Crippen LogP contribution in [-0.4, -0.2) is 10.6 Å². The predicted octanol–water partition coefficient (Wildman–Crippen LogP) is 3.16. The smallest absolute Gasteiger partial charge is 0.119 e. The average Bonchev–Trinajstić information content (AvgIpc) is 2.74. The van der Waals surface area contributed by atoms with E-state index in [-0.39, 0.29) is 5.54 Å². The van der Waals surface area contributed by atoms with Gasteiger partial charge in [-0.15, -0.1) is 0 Å². The molecule has 0 aromatic heterocycles. The molecule has 17 heavy (non-hydrogen) atoms. The van der Waals surface area contributed by atoms with Crippen LogP contribution in [0.2, 0.25) is 0 Å². The number of rotatable bonds is 3. The van der Waals surface area contributed by atoms with Gasteiger partial charge in [0.25, 0.3) is 0 Å². The third kappa shape index (κ3) is 2.06. The molecule has 2 aliphatic carbocycles.